The van der Waals surface area contributed by atoms with Crippen molar-refractivity contribution in [3.05, 3.63) is 58.4 Å². The average Bonchev–Trinajstić information content (AvgIpc) is 3.28. The summed E-state index contributed by atoms with van der Waals surface area (Å²) in [6, 6.07) is 13.3. The van der Waals surface area contributed by atoms with Crippen molar-refractivity contribution in [2.45, 2.75) is 26.2 Å². The first-order chi connectivity index (χ1) is 16.0. The standard InChI is InChI=1S/C25H27N3O4S/c1-16(2)18-6-4-5-7-19(18)26-23(29)13-28-21-12-17(8-9-22(21)32-14-25(28)30)20-15-33-24(27-20)10-11-31-3/h4-9,12,15-16H,10-11,13-14H2,1-3H3,(H,26,29). The molecule has 1 N–H and O–H groups in total. The molecule has 2 amide bonds. The quantitative estimate of drug-likeness (QED) is 0.530. The number of ether oxygens (including phenoxy) is 2. The summed E-state index contributed by atoms with van der Waals surface area (Å²) in [5.74, 6) is 0.321. The fourth-order valence-electron chi connectivity index (χ4n) is 3.73. The summed E-state index contributed by atoms with van der Waals surface area (Å²) in [5, 5.41) is 5.93. The van der Waals surface area contributed by atoms with Crippen LogP contribution in [0.2, 0.25) is 0 Å². The zero-order valence-electron chi connectivity index (χ0n) is 19.0. The van der Waals surface area contributed by atoms with Gasteiger partial charge in [0.2, 0.25) is 5.91 Å². The number of benzene rings is 2. The van der Waals surface area contributed by atoms with Crippen molar-refractivity contribution in [2.75, 3.05) is 37.1 Å². The minimum absolute atomic E-state index is 0.0960. The summed E-state index contributed by atoms with van der Waals surface area (Å²) in [5.41, 5.74) is 4.07. The third-order valence-electron chi connectivity index (χ3n) is 5.43. The van der Waals surface area contributed by atoms with Gasteiger partial charge in [0.25, 0.3) is 5.91 Å². The molecule has 3 aromatic rings. The molecule has 0 bridgehead atoms. The molecule has 8 heteroatoms. The van der Waals surface area contributed by atoms with Crippen molar-refractivity contribution in [2.24, 2.45) is 0 Å². The Morgan fingerprint density at radius 3 is 2.88 bits per heavy atom. The molecule has 0 atom stereocenters. The predicted molar refractivity (Wildman–Crippen MR) is 130 cm³/mol. The SMILES string of the molecule is COCCc1nc(-c2ccc3c(c2)N(CC(=O)Nc2ccccc2C(C)C)C(=O)CO3)cs1. The van der Waals surface area contributed by atoms with E-state index in [4.69, 9.17) is 9.47 Å². The molecule has 1 aliphatic rings. The molecule has 1 aliphatic heterocycles. The van der Waals surface area contributed by atoms with Crippen molar-refractivity contribution in [3.63, 3.8) is 0 Å². The maximum Gasteiger partial charge on any atom is 0.265 e. The van der Waals surface area contributed by atoms with Gasteiger partial charge in [0.1, 0.15) is 12.3 Å². The summed E-state index contributed by atoms with van der Waals surface area (Å²) in [4.78, 5) is 31.7. The molecule has 4 rings (SSSR count). The first-order valence-corrected chi connectivity index (χ1v) is 11.7. The van der Waals surface area contributed by atoms with Crippen molar-refractivity contribution in [1.29, 1.82) is 0 Å². The lowest BCUT2D eigenvalue weighted by molar-refractivity contribution is -0.123. The molecule has 172 valence electrons. The zero-order valence-corrected chi connectivity index (χ0v) is 19.8. The van der Waals surface area contributed by atoms with Crippen LogP contribution in [0.5, 0.6) is 5.75 Å². The highest BCUT2D eigenvalue weighted by Crippen LogP contribution is 2.36. The number of anilines is 2. The molecule has 1 aromatic heterocycles. The van der Waals surface area contributed by atoms with Gasteiger partial charge in [-0.3, -0.25) is 14.5 Å². The second kappa shape index (κ2) is 10.1. The lowest BCUT2D eigenvalue weighted by Crippen LogP contribution is -2.43. The topological polar surface area (TPSA) is 80.8 Å². The number of methoxy groups -OCH3 is 1. The van der Waals surface area contributed by atoms with E-state index < -0.39 is 0 Å². The van der Waals surface area contributed by atoms with Crippen LogP contribution in [-0.4, -0.2) is 43.7 Å². The fourth-order valence-corrected chi connectivity index (χ4v) is 4.52. The van der Waals surface area contributed by atoms with Crippen LogP contribution < -0.4 is 15.0 Å². The Kier molecular flexibility index (Phi) is 7.05. The van der Waals surface area contributed by atoms with E-state index in [-0.39, 0.29) is 30.9 Å². The molecule has 33 heavy (non-hydrogen) atoms. The normalized spacial score (nSPS) is 13.1. The van der Waals surface area contributed by atoms with E-state index >= 15 is 0 Å². The van der Waals surface area contributed by atoms with E-state index in [1.54, 1.807) is 18.4 Å². The van der Waals surface area contributed by atoms with Crippen LogP contribution in [0.25, 0.3) is 11.3 Å². The number of thiazole rings is 1. The largest absolute Gasteiger partial charge is 0.482 e. The Morgan fingerprint density at radius 2 is 2.09 bits per heavy atom. The molecule has 0 saturated heterocycles. The van der Waals surface area contributed by atoms with Gasteiger partial charge in [-0.15, -0.1) is 11.3 Å². The van der Waals surface area contributed by atoms with Gasteiger partial charge in [-0.05, 0) is 35.7 Å². The highest BCUT2D eigenvalue weighted by Gasteiger charge is 2.28. The maximum atomic E-state index is 12.9. The number of fused-ring (bicyclic) bond motifs is 1. The van der Waals surface area contributed by atoms with Gasteiger partial charge in [-0.1, -0.05) is 32.0 Å². The minimum Gasteiger partial charge on any atom is -0.482 e. The monoisotopic (exact) mass is 465 g/mol. The molecular weight excluding hydrogens is 438 g/mol. The summed E-state index contributed by atoms with van der Waals surface area (Å²) in [6.45, 7) is 4.57. The van der Waals surface area contributed by atoms with Gasteiger partial charge in [0, 0.05) is 30.2 Å². The summed E-state index contributed by atoms with van der Waals surface area (Å²) in [6.07, 6.45) is 0.748. The van der Waals surface area contributed by atoms with Crippen LogP contribution in [0, 0.1) is 0 Å². The Bertz CT molecular complexity index is 1160. The second-order valence-corrected chi connectivity index (χ2v) is 9.05. The van der Waals surface area contributed by atoms with Gasteiger partial charge >= 0.3 is 0 Å². The Balaban J connectivity index is 1.56. The molecule has 2 aromatic carbocycles. The summed E-state index contributed by atoms with van der Waals surface area (Å²) >= 11 is 1.57. The highest BCUT2D eigenvalue weighted by molar-refractivity contribution is 7.09. The number of nitrogens with zero attached hydrogens (tertiary/aromatic N) is 2. The number of hydrogen-bond donors (Lipinski definition) is 1. The van der Waals surface area contributed by atoms with Crippen LogP contribution in [-0.2, 0) is 20.7 Å². The van der Waals surface area contributed by atoms with E-state index in [9.17, 15) is 9.59 Å². The van der Waals surface area contributed by atoms with E-state index in [0.717, 1.165) is 33.9 Å². The lowest BCUT2D eigenvalue weighted by atomic mass is 10.0. The lowest BCUT2D eigenvalue weighted by Gasteiger charge is -2.29. The van der Waals surface area contributed by atoms with Gasteiger partial charge < -0.3 is 14.8 Å². The van der Waals surface area contributed by atoms with Crippen LogP contribution >= 0.6 is 11.3 Å². The van der Waals surface area contributed by atoms with E-state index in [0.29, 0.717) is 18.0 Å². The van der Waals surface area contributed by atoms with Crippen LogP contribution in [0.4, 0.5) is 11.4 Å². The average molecular weight is 466 g/mol. The number of nitrogens with one attached hydrogen (secondary N) is 1. The smallest absolute Gasteiger partial charge is 0.265 e. The molecule has 0 fully saturated rings. The highest BCUT2D eigenvalue weighted by atomic mass is 32.1. The van der Waals surface area contributed by atoms with Crippen molar-refractivity contribution in [3.8, 4) is 17.0 Å². The molecule has 0 aliphatic carbocycles. The molecule has 0 saturated carbocycles. The number of para-hydroxylation sites is 1. The predicted octanol–water partition coefficient (Wildman–Crippen LogP) is 4.49. The molecular formula is C25H27N3O4S. The molecule has 0 radical (unpaired) electrons. The van der Waals surface area contributed by atoms with E-state index in [2.05, 4.69) is 24.1 Å². The molecule has 7 nitrogen and oxygen atoms in total. The van der Waals surface area contributed by atoms with Crippen LogP contribution in [0.15, 0.2) is 47.8 Å². The zero-order chi connectivity index (χ0) is 23.4. The van der Waals surface area contributed by atoms with Crippen LogP contribution in [0.1, 0.15) is 30.3 Å². The Labute approximate surface area is 197 Å². The van der Waals surface area contributed by atoms with Gasteiger partial charge in [-0.25, -0.2) is 4.98 Å². The van der Waals surface area contributed by atoms with Gasteiger partial charge in [0.15, 0.2) is 6.61 Å². The number of hydrogen-bond acceptors (Lipinski definition) is 6. The Morgan fingerprint density at radius 1 is 1.27 bits per heavy atom. The minimum atomic E-state index is -0.259. The third kappa shape index (κ3) is 5.23. The molecule has 0 unspecified atom stereocenters. The number of carbonyl (C=O) groups is 2. The number of carbonyl (C=O) groups excluding carboxylic acids is 2. The first-order valence-electron chi connectivity index (χ1n) is 10.9. The van der Waals surface area contributed by atoms with Crippen LogP contribution in [0.3, 0.4) is 0 Å². The molecule has 2 heterocycles. The number of rotatable bonds is 8. The number of amides is 2. The second-order valence-electron chi connectivity index (χ2n) is 8.11. The summed E-state index contributed by atoms with van der Waals surface area (Å²) < 4.78 is 10.7. The molecule has 0 spiro atoms. The van der Waals surface area contributed by atoms with Gasteiger partial charge in [-0.2, -0.15) is 0 Å². The van der Waals surface area contributed by atoms with Gasteiger partial charge in [0.05, 0.1) is 23.0 Å². The third-order valence-corrected chi connectivity index (χ3v) is 6.34. The maximum absolute atomic E-state index is 12.9. The van der Waals surface area contributed by atoms with E-state index in [1.165, 1.54) is 4.90 Å². The Hall–Kier alpha value is -3.23. The van der Waals surface area contributed by atoms with Crippen molar-refractivity contribution < 1.29 is 19.1 Å². The van der Waals surface area contributed by atoms with Crippen molar-refractivity contribution in [1.82, 2.24) is 4.98 Å². The summed E-state index contributed by atoms with van der Waals surface area (Å²) in [7, 11) is 1.67. The first kappa shape index (κ1) is 22.9. The fraction of sp³-hybridized carbons (Fsp3) is 0.320. The number of aromatic nitrogens is 1. The van der Waals surface area contributed by atoms with E-state index in [1.807, 2.05) is 47.8 Å². The van der Waals surface area contributed by atoms with Crippen molar-refractivity contribution >= 4 is 34.5 Å².